The van der Waals surface area contributed by atoms with Crippen LogP contribution < -0.4 is 5.56 Å². The van der Waals surface area contributed by atoms with Crippen LogP contribution >= 0.6 is 0 Å². The van der Waals surface area contributed by atoms with Crippen LogP contribution in [0.5, 0.6) is 0 Å². The Hall–Kier alpha value is -2.58. The lowest BCUT2D eigenvalue weighted by atomic mass is 9.95. The summed E-state index contributed by atoms with van der Waals surface area (Å²) in [7, 11) is 1.66. The minimum absolute atomic E-state index is 0.0843. The SMILES string of the molecule is COCCn1nnnc1[C@@H](c1cc2cc(C)cc(C)c2[nH]c1=O)N1CCC[C@@H](C)C1. The molecule has 1 aliphatic heterocycles. The standard InChI is InChI=1S/C22H30N6O2/c1-14-6-5-7-27(13-14)20(21-24-25-26-28(21)8-9-30-4)18-12-17-11-15(2)10-16(3)19(17)23-22(18)29/h10-12,14,20H,5-9,13H2,1-4H3,(H,23,29)/t14-,20-/m1/s1. The van der Waals surface area contributed by atoms with E-state index in [0.29, 0.717) is 30.5 Å². The van der Waals surface area contributed by atoms with E-state index in [-0.39, 0.29) is 11.6 Å². The molecule has 3 aromatic rings. The van der Waals surface area contributed by atoms with Crippen molar-refractivity contribution in [3.05, 3.63) is 51.1 Å². The van der Waals surface area contributed by atoms with Gasteiger partial charge in [-0.15, -0.1) is 5.10 Å². The number of benzene rings is 1. The maximum Gasteiger partial charge on any atom is 0.253 e. The third-order valence-corrected chi connectivity index (χ3v) is 5.98. The monoisotopic (exact) mass is 410 g/mol. The molecule has 0 amide bonds. The highest BCUT2D eigenvalue weighted by atomic mass is 16.5. The summed E-state index contributed by atoms with van der Waals surface area (Å²) in [5.41, 5.74) is 3.74. The summed E-state index contributed by atoms with van der Waals surface area (Å²) >= 11 is 0. The predicted octanol–water partition coefficient (Wildman–Crippen LogP) is 2.60. The van der Waals surface area contributed by atoms with Crippen molar-refractivity contribution in [2.24, 2.45) is 5.92 Å². The first-order chi connectivity index (χ1) is 14.5. The summed E-state index contributed by atoms with van der Waals surface area (Å²) in [6.45, 7) is 9.24. The Morgan fingerprint density at radius 2 is 2.13 bits per heavy atom. The second-order valence-electron chi connectivity index (χ2n) is 8.50. The van der Waals surface area contributed by atoms with Crippen molar-refractivity contribution in [2.45, 2.75) is 46.2 Å². The van der Waals surface area contributed by atoms with Gasteiger partial charge < -0.3 is 9.72 Å². The fraction of sp³-hybridized carbons (Fsp3) is 0.545. The quantitative estimate of drug-likeness (QED) is 0.672. The Kier molecular flexibility index (Phi) is 5.97. The Balaban J connectivity index is 1.87. The van der Waals surface area contributed by atoms with Crippen molar-refractivity contribution in [3.8, 4) is 0 Å². The first kappa shape index (κ1) is 20.7. The van der Waals surface area contributed by atoms with Gasteiger partial charge in [-0.2, -0.15) is 0 Å². The molecule has 2 aromatic heterocycles. The number of rotatable bonds is 6. The van der Waals surface area contributed by atoms with E-state index in [9.17, 15) is 4.79 Å². The molecule has 4 rings (SSSR count). The number of likely N-dealkylation sites (tertiary alicyclic amines) is 1. The first-order valence-electron chi connectivity index (χ1n) is 10.6. The normalized spacial score (nSPS) is 18.7. The number of aromatic nitrogens is 5. The van der Waals surface area contributed by atoms with Crippen LogP contribution in [-0.2, 0) is 11.3 Å². The maximum atomic E-state index is 13.3. The smallest absolute Gasteiger partial charge is 0.253 e. The molecule has 0 aliphatic carbocycles. The number of tetrazole rings is 1. The summed E-state index contributed by atoms with van der Waals surface area (Å²) in [5, 5.41) is 13.5. The second-order valence-corrected chi connectivity index (χ2v) is 8.50. The molecule has 1 N–H and O–H groups in total. The first-order valence-corrected chi connectivity index (χ1v) is 10.6. The van der Waals surface area contributed by atoms with Gasteiger partial charge in [-0.05, 0) is 72.7 Å². The summed E-state index contributed by atoms with van der Waals surface area (Å²) in [6, 6.07) is 5.93. The predicted molar refractivity (Wildman–Crippen MR) is 116 cm³/mol. The van der Waals surface area contributed by atoms with E-state index in [1.807, 2.05) is 13.0 Å². The molecule has 3 heterocycles. The van der Waals surface area contributed by atoms with Gasteiger partial charge in [-0.25, -0.2) is 4.68 Å². The molecule has 8 heteroatoms. The van der Waals surface area contributed by atoms with Crippen LogP contribution in [0.1, 0.15) is 48.3 Å². The Labute approximate surface area is 176 Å². The number of fused-ring (bicyclic) bond motifs is 1. The van der Waals surface area contributed by atoms with E-state index in [1.165, 1.54) is 12.0 Å². The number of aromatic amines is 1. The zero-order valence-electron chi connectivity index (χ0n) is 18.2. The summed E-state index contributed by atoms with van der Waals surface area (Å²) < 4.78 is 6.99. The average Bonchev–Trinajstić information content (AvgIpc) is 3.16. The van der Waals surface area contributed by atoms with Crippen LogP contribution in [0.4, 0.5) is 0 Å². The minimum atomic E-state index is -0.298. The Morgan fingerprint density at radius 3 is 2.90 bits per heavy atom. The third-order valence-electron chi connectivity index (χ3n) is 5.98. The molecule has 160 valence electrons. The summed E-state index contributed by atoms with van der Waals surface area (Å²) in [6.07, 6.45) is 2.30. The number of methoxy groups -OCH3 is 1. The van der Waals surface area contributed by atoms with Crippen molar-refractivity contribution in [1.29, 1.82) is 0 Å². The molecule has 2 atom stereocenters. The van der Waals surface area contributed by atoms with Gasteiger partial charge in [0.2, 0.25) is 0 Å². The van der Waals surface area contributed by atoms with Crippen molar-refractivity contribution in [3.63, 3.8) is 0 Å². The zero-order chi connectivity index (χ0) is 21.3. The molecule has 0 radical (unpaired) electrons. The van der Waals surface area contributed by atoms with Gasteiger partial charge in [-0.1, -0.05) is 18.6 Å². The van der Waals surface area contributed by atoms with Crippen LogP contribution in [0.25, 0.3) is 10.9 Å². The molecule has 0 saturated carbocycles. The number of pyridine rings is 1. The fourth-order valence-electron chi connectivity index (χ4n) is 4.61. The van der Waals surface area contributed by atoms with Gasteiger partial charge >= 0.3 is 0 Å². The van der Waals surface area contributed by atoms with Crippen molar-refractivity contribution in [2.75, 3.05) is 26.8 Å². The lowest BCUT2D eigenvalue weighted by molar-refractivity contribution is 0.137. The fourth-order valence-corrected chi connectivity index (χ4v) is 4.61. The van der Waals surface area contributed by atoms with Crippen LogP contribution in [0.15, 0.2) is 23.0 Å². The van der Waals surface area contributed by atoms with E-state index < -0.39 is 0 Å². The molecule has 1 aromatic carbocycles. The van der Waals surface area contributed by atoms with Crippen molar-refractivity contribution < 1.29 is 4.74 Å². The molecule has 0 bridgehead atoms. The Bertz CT molecular complexity index is 1090. The van der Waals surface area contributed by atoms with E-state index in [4.69, 9.17) is 4.74 Å². The summed E-state index contributed by atoms with van der Waals surface area (Å²) in [5.74, 6) is 1.25. The van der Waals surface area contributed by atoms with Gasteiger partial charge in [0, 0.05) is 19.2 Å². The van der Waals surface area contributed by atoms with Gasteiger partial charge in [-0.3, -0.25) is 9.69 Å². The highest BCUT2D eigenvalue weighted by Gasteiger charge is 2.32. The maximum absolute atomic E-state index is 13.3. The van der Waals surface area contributed by atoms with Gasteiger partial charge in [0.1, 0.15) is 6.04 Å². The zero-order valence-corrected chi connectivity index (χ0v) is 18.2. The molecule has 8 nitrogen and oxygen atoms in total. The number of aryl methyl sites for hydroxylation is 2. The Morgan fingerprint density at radius 1 is 1.30 bits per heavy atom. The van der Waals surface area contributed by atoms with Gasteiger partial charge in [0.05, 0.1) is 18.7 Å². The molecule has 0 unspecified atom stereocenters. The summed E-state index contributed by atoms with van der Waals surface area (Å²) in [4.78, 5) is 18.7. The van der Waals surface area contributed by atoms with Gasteiger partial charge in [0.25, 0.3) is 5.56 Å². The molecule has 1 aliphatic rings. The molecule has 1 saturated heterocycles. The number of piperidine rings is 1. The van der Waals surface area contributed by atoms with Crippen molar-refractivity contribution in [1.82, 2.24) is 30.1 Å². The molecular weight excluding hydrogens is 380 g/mol. The number of H-pyrrole nitrogens is 1. The van der Waals surface area contributed by atoms with E-state index in [1.54, 1.807) is 11.8 Å². The second kappa shape index (κ2) is 8.65. The third kappa shape index (κ3) is 4.02. The molecule has 1 fully saturated rings. The number of nitrogens with one attached hydrogen (secondary N) is 1. The van der Waals surface area contributed by atoms with E-state index in [0.717, 1.165) is 36.0 Å². The van der Waals surface area contributed by atoms with E-state index >= 15 is 0 Å². The number of hydrogen-bond donors (Lipinski definition) is 1. The van der Waals surface area contributed by atoms with Crippen LogP contribution in [0, 0.1) is 19.8 Å². The molecule has 0 spiro atoms. The van der Waals surface area contributed by atoms with Crippen LogP contribution in [0.2, 0.25) is 0 Å². The van der Waals surface area contributed by atoms with Crippen LogP contribution in [0.3, 0.4) is 0 Å². The highest BCUT2D eigenvalue weighted by molar-refractivity contribution is 5.83. The number of hydrogen-bond acceptors (Lipinski definition) is 6. The van der Waals surface area contributed by atoms with Crippen LogP contribution in [-0.4, -0.2) is 56.9 Å². The lowest BCUT2D eigenvalue weighted by Crippen LogP contribution is -2.41. The molecular formula is C22H30N6O2. The topological polar surface area (TPSA) is 88.9 Å². The van der Waals surface area contributed by atoms with Crippen molar-refractivity contribution >= 4 is 10.9 Å². The number of nitrogens with zero attached hydrogens (tertiary/aromatic N) is 5. The average molecular weight is 411 g/mol. The largest absolute Gasteiger partial charge is 0.383 e. The minimum Gasteiger partial charge on any atom is -0.383 e. The number of ether oxygens (including phenoxy) is 1. The highest BCUT2D eigenvalue weighted by Crippen LogP contribution is 2.31. The molecule has 30 heavy (non-hydrogen) atoms. The van der Waals surface area contributed by atoms with E-state index in [2.05, 4.69) is 51.4 Å². The lowest BCUT2D eigenvalue weighted by Gasteiger charge is -2.36. The van der Waals surface area contributed by atoms with Gasteiger partial charge in [0.15, 0.2) is 5.82 Å².